The van der Waals surface area contributed by atoms with Gasteiger partial charge < -0.3 is 10.2 Å². The summed E-state index contributed by atoms with van der Waals surface area (Å²) in [5.74, 6) is 0.692. The molecule has 1 aliphatic rings. The Morgan fingerprint density at radius 1 is 1.45 bits per heavy atom. The number of oxazole rings is 1. The van der Waals surface area contributed by atoms with E-state index in [4.69, 9.17) is 10.2 Å². The first-order valence-corrected chi connectivity index (χ1v) is 8.45. The molecule has 3 unspecified atom stereocenters. The fourth-order valence-electron chi connectivity index (χ4n) is 2.96. The van der Waals surface area contributed by atoms with Crippen molar-refractivity contribution < 1.29 is 8.63 Å². The average Bonchev–Trinajstić information content (AvgIpc) is 2.89. The highest BCUT2D eigenvalue weighted by atomic mass is 32.2. The predicted octanol–water partition coefficient (Wildman–Crippen LogP) is 3.49. The molecule has 4 nitrogen and oxygen atoms in total. The maximum absolute atomic E-state index is 12.6. The average molecular weight is 292 g/mol. The Balaban J connectivity index is 1.84. The second kappa shape index (κ2) is 5.56. The Bertz CT molecular complexity index is 638. The normalized spacial score (nSPS) is 24.9. The zero-order valence-electron chi connectivity index (χ0n) is 11.7. The van der Waals surface area contributed by atoms with E-state index in [0.717, 1.165) is 25.7 Å². The first-order chi connectivity index (χ1) is 9.67. The molecule has 0 aliphatic heterocycles. The number of nitrogen functional groups attached to an aromatic ring is 1. The van der Waals surface area contributed by atoms with E-state index in [1.807, 2.05) is 0 Å². The first kappa shape index (κ1) is 13.6. The van der Waals surface area contributed by atoms with Crippen LogP contribution in [0.2, 0.25) is 0 Å². The number of nitrogens with two attached hydrogens (primary N) is 1. The Kier molecular flexibility index (Phi) is 3.78. The molecule has 5 heteroatoms. The van der Waals surface area contributed by atoms with Gasteiger partial charge in [-0.05, 0) is 37.0 Å². The van der Waals surface area contributed by atoms with Gasteiger partial charge in [0.1, 0.15) is 16.3 Å². The van der Waals surface area contributed by atoms with Crippen molar-refractivity contribution in [3.05, 3.63) is 18.2 Å². The summed E-state index contributed by atoms with van der Waals surface area (Å²) in [6.07, 6.45) is 5.60. The molecule has 20 heavy (non-hydrogen) atoms. The Morgan fingerprint density at radius 3 is 3.10 bits per heavy atom. The number of nitrogens with zero attached hydrogens (tertiary/aromatic N) is 1. The summed E-state index contributed by atoms with van der Waals surface area (Å²) >= 11 is 0. The van der Waals surface area contributed by atoms with Crippen molar-refractivity contribution in [1.82, 2.24) is 4.98 Å². The van der Waals surface area contributed by atoms with Crippen molar-refractivity contribution in [2.75, 3.05) is 5.73 Å². The van der Waals surface area contributed by atoms with Gasteiger partial charge in [-0.1, -0.05) is 26.2 Å². The highest BCUT2D eigenvalue weighted by Gasteiger charge is 2.28. The third-order valence-corrected chi connectivity index (χ3v) is 5.73. The Labute approximate surface area is 121 Å². The first-order valence-electron chi connectivity index (χ1n) is 7.24. The van der Waals surface area contributed by atoms with Gasteiger partial charge in [-0.25, -0.2) is 9.19 Å². The van der Waals surface area contributed by atoms with E-state index >= 15 is 0 Å². The molecule has 3 atom stereocenters. The van der Waals surface area contributed by atoms with Crippen molar-refractivity contribution in [3.63, 3.8) is 0 Å². The summed E-state index contributed by atoms with van der Waals surface area (Å²) in [6.45, 7) is 2.21. The lowest BCUT2D eigenvalue weighted by Crippen LogP contribution is -2.24. The standard InChI is InChI=1S/C15H20N2O2S/c1-2-10-4-3-5-12(8-10)20(18)15-17-13-9-11(16)6-7-14(13)19-15/h6-7,9-10,12H,2-5,8,16H2,1H3. The van der Waals surface area contributed by atoms with Crippen LogP contribution in [-0.2, 0) is 10.8 Å². The third kappa shape index (κ3) is 2.59. The van der Waals surface area contributed by atoms with Gasteiger partial charge in [0.05, 0.1) is 0 Å². The lowest BCUT2D eigenvalue weighted by Gasteiger charge is -2.26. The van der Waals surface area contributed by atoms with Gasteiger partial charge in [-0.15, -0.1) is 0 Å². The third-order valence-electron chi connectivity index (χ3n) is 4.18. The molecule has 2 aromatic rings. The quantitative estimate of drug-likeness (QED) is 0.879. The van der Waals surface area contributed by atoms with Crippen molar-refractivity contribution in [2.24, 2.45) is 5.92 Å². The second-order valence-electron chi connectivity index (χ2n) is 5.57. The van der Waals surface area contributed by atoms with Crippen LogP contribution in [0.4, 0.5) is 5.69 Å². The van der Waals surface area contributed by atoms with Crippen LogP contribution in [0.25, 0.3) is 11.1 Å². The number of rotatable bonds is 3. The Hall–Kier alpha value is -1.36. The van der Waals surface area contributed by atoms with Gasteiger partial charge in [-0.3, -0.25) is 0 Å². The van der Waals surface area contributed by atoms with E-state index in [0.29, 0.717) is 27.9 Å². The molecule has 1 fully saturated rings. The van der Waals surface area contributed by atoms with Crippen LogP contribution >= 0.6 is 0 Å². The molecule has 3 rings (SSSR count). The summed E-state index contributed by atoms with van der Waals surface area (Å²) in [7, 11) is -1.15. The number of aromatic nitrogens is 1. The van der Waals surface area contributed by atoms with Crippen LogP contribution in [0, 0.1) is 5.92 Å². The van der Waals surface area contributed by atoms with E-state index < -0.39 is 10.8 Å². The molecule has 0 spiro atoms. The zero-order chi connectivity index (χ0) is 14.1. The van der Waals surface area contributed by atoms with E-state index in [9.17, 15) is 4.21 Å². The van der Waals surface area contributed by atoms with Crippen molar-refractivity contribution in [1.29, 1.82) is 0 Å². The number of hydrogen-bond acceptors (Lipinski definition) is 4. The summed E-state index contributed by atoms with van der Waals surface area (Å²) in [6, 6.07) is 5.32. The van der Waals surface area contributed by atoms with Crippen LogP contribution in [-0.4, -0.2) is 14.4 Å². The summed E-state index contributed by atoms with van der Waals surface area (Å²) in [5.41, 5.74) is 7.72. The predicted molar refractivity (Wildman–Crippen MR) is 80.9 cm³/mol. The van der Waals surface area contributed by atoms with E-state index in [2.05, 4.69) is 11.9 Å². The Morgan fingerprint density at radius 2 is 2.30 bits per heavy atom. The molecule has 1 heterocycles. The van der Waals surface area contributed by atoms with Gasteiger partial charge in [0, 0.05) is 10.9 Å². The molecule has 1 aromatic carbocycles. The number of benzene rings is 1. The molecule has 0 radical (unpaired) electrons. The van der Waals surface area contributed by atoms with Crippen molar-refractivity contribution in [2.45, 2.75) is 49.5 Å². The molecule has 1 aromatic heterocycles. The summed E-state index contributed by atoms with van der Waals surface area (Å²) < 4.78 is 18.3. The molecule has 108 valence electrons. The minimum absolute atomic E-state index is 0.180. The summed E-state index contributed by atoms with van der Waals surface area (Å²) in [4.78, 5) is 4.35. The second-order valence-corrected chi connectivity index (χ2v) is 7.18. The molecular formula is C15H20N2O2S. The maximum Gasteiger partial charge on any atom is 0.288 e. The largest absolute Gasteiger partial charge is 0.430 e. The molecule has 2 N–H and O–H groups in total. The minimum atomic E-state index is -1.15. The van der Waals surface area contributed by atoms with Crippen LogP contribution in [0.3, 0.4) is 0 Å². The maximum atomic E-state index is 12.6. The number of anilines is 1. The van der Waals surface area contributed by atoms with Crippen LogP contribution in [0.15, 0.2) is 27.8 Å². The molecule has 1 aliphatic carbocycles. The van der Waals surface area contributed by atoms with E-state index in [-0.39, 0.29) is 5.25 Å². The van der Waals surface area contributed by atoms with Crippen LogP contribution in [0.1, 0.15) is 39.0 Å². The molecular weight excluding hydrogens is 272 g/mol. The minimum Gasteiger partial charge on any atom is -0.430 e. The van der Waals surface area contributed by atoms with Gasteiger partial charge >= 0.3 is 0 Å². The summed E-state index contributed by atoms with van der Waals surface area (Å²) in [5, 5.41) is 0.534. The van der Waals surface area contributed by atoms with Gasteiger partial charge in [0.25, 0.3) is 5.22 Å². The fraction of sp³-hybridized carbons (Fsp3) is 0.533. The topological polar surface area (TPSA) is 69.1 Å². The lowest BCUT2D eigenvalue weighted by atomic mass is 9.87. The monoisotopic (exact) mass is 292 g/mol. The molecule has 0 saturated heterocycles. The molecule has 0 bridgehead atoms. The van der Waals surface area contributed by atoms with Crippen LogP contribution in [0.5, 0.6) is 0 Å². The van der Waals surface area contributed by atoms with Crippen molar-refractivity contribution >= 4 is 27.6 Å². The van der Waals surface area contributed by atoms with E-state index in [1.165, 1.54) is 6.42 Å². The van der Waals surface area contributed by atoms with Gasteiger partial charge in [0.15, 0.2) is 5.58 Å². The highest BCUT2D eigenvalue weighted by molar-refractivity contribution is 7.85. The zero-order valence-corrected chi connectivity index (χ0v) is 12.5. The smallest absolute Gasteiger partial charge is 0.288 e. The van der Waals surface area contributed by atoms with Gasteiger partial charge in [-0.2, -0.15) is 0 Å². The van der Waals surface area contributed by atoms with Crippen molar-refractivity contribution in [3.8, 4) is 0 Å². The molecule has 0 amide bonds. The SMILES string of the molecule is CCC1CCCC(S(=O)c2nc3cc(N)ccc3o2)C1. The fourth-order valence-corrected chi connectivity index (χ4v) is 4.43. The van der Waals surface area contributed by atoms with Gasteiger partial charge in [0.2, 0.25) is 0 Å². The highest BCUT2D eigenvalue weighted by Crippen LogP contribution is 2.32. The lowest BCUT2D eigenvalue weighted by molar-refractivity contribution is 0.350. The van der Waals surface area contributed by atoms with E-state index in [1.54, 1.807) is 18.2 Å². The number of fused-ring (bicyclic) bond motifs is 1. The van der Waals surface area contributed by atoms with Crippen LogP contribution < -0.4 is 5.73 Å². The molecule has 1 saturated carbocycles. The number of hydrogen-bond donors (Lipinski definition) is 1.